The van der Waals surface area contributed by atoms with Crippen LogP contribution >= 0.6 is 0 Å². The zero-order chi connectivity index (χ0) is 23.8. The molecule has 1 aromatic heterocycles. The van der Waals surface area contributed by atoms with Crippen molar-refractivity contribution in [2.75, 3.05) is 18.5 Å². The van der Waals surface area contributed by atoms with Crippen molar-refractivity contribution in [3.63, 3.8) is 0 Å². The number of nitrogens with one attached hydrogen (secondary N) is 1. The van der Waals surface area contributed by atoms with E-state index in [0.29, 0.717) is 67.2 Å². The van der Waals surface area contributed by atoms with Crippen molar-refractivity contribution in [2.45, 2.75) is 70.9 Å². The normalized spacial score (nSPS) is 21.2. The van der Waals surface area contributed by atoms with Crippen LogP contribution in [0, 0.1) is 12.7 Å². The Morgan fingerprint density at radius 2 is 2.12 bits per heavy atom. The number of amides is 2. The zero-order valence-electron chi connectivity index (χ0n) is 19.7. The highest BCUT2D eigenvalue weighted by Gasteiger charge is 2.41. The van der Waals surface area contributed by atoms with Crippen LogP contribution in [0.15, 0.2) is 18.3 Å². The molecule has 2 atom stereocenters. The van der Waals surface area contributed by atoms with Crippen LogP contribution in [-0.4, -0.2) is 47.0 Å². The minimum absolute atomic E-state index is 0.0162. The van der Waals surface area contributed by atoms with Crippen LogP contribution in [-0.2, 0) is 17.6 Å². The van der Waals surface area contributed by atoms with Gasteiger partial charge in [-0.1, -0.05) is 19.8 Å². The molecule has 1 N–H and O–H groups in total. The summed E-state index contributed by atoms with van der Waals surface area (Å²) in [6, 6.07) is 3.23. The second kappa shape index (κ2) is 9.24. The Morgan fingerprint density at radius 1 is 1.26 bits per heavy atom. The van der Waals surface area contributed by atoms with Gasteiger partial charge in [0, 0.05) is 30.7 Å². The summed E-state index contributed by atoms with van der Waals surface area (Å²) in [4.78, 5) is 31.5. The molecule has 2 aromatic rings. The van der Waals surface area contributed by atoms with Crippen LogP contribution < -0.4 is 14.8 Å². The molecule has 0 saturated carbocycles. The van der Waals surface area contributed by atoms with Gasteiger partial charge in [-0.05, 0) is 43.4 Å². The highest BCUT2D eigenvalue weighted by atomic mass is 19.1. The Balaban J connectivity index is 1.36. The van der Waals surface area contributed by atoms with Gasteiger partial charge in [-0.3, -0.25) is 9.59 Å². The number of carbonyl (C=O) groups is 2. The summed E-state index contributed by atoms with van der Waals surface area (Å²) in [5.41, 5.74) is 3.04. The molecular weight excluding hydrogens is 437 g/mol. The summed E-state index contributed by atoms with van der Waals surface area (Å²) in [7, 11) is 0. The van der Waals surface area contributed by atoms with Gasteiger partial charge in [0.2, 0.25) is 11.8 Å². The number of ether oxygens (including phenoxy) is 2. The number of halogens is 1. The minimum Gasteiger partial charge on any atom is -0.491 e. The molecule has 1 saturated heterocycles. The Hall–Kier alpha value is -3.16. The first-order valence-electron chi connectivity index (χ1n) is 12.2. The summed E-state index contributed by atoms with van der Waals surface area (Å²) in [6.07, 6.45) is 6.53. The molecule has 2 amide bonds. The summed E-state index contributed by atoms with van der Waals surface area (Å²) in [5.74, 6) is 0.378. The fraction of sp³-hybridized carbons (Fsp3) is 0.500. The maximum Gasteiger partial charge on any atom is 0.258 e. The van der Waals surface area contributed by atoms with Crippen molar-refractivity contribution in [2.24, 2.45) is 0 Å². The molecule has 0 aliphatic carbocycles. The molecule has 34 heavy (non-hydrogen) atoms. The lowest BCUT2D eigenvalue weighted by Gasteiger charge is -2.22. The van der Waals surface area contributed by atoms with E-state index in [9.17, 15) is 9.59 Å². The van der Waals surface area contributed by atoms with Crippen molar-refractivity contribution in [1.82, 2.24) is 9.88 Å². The van der Waals surface area contributed by atoms with Crippen LogP contribution in [0.3, 0.4) is 0 Å². The van der Waals surface area contributed by atoms with Gasteiger partial charge >= 0.3 is 0 Å². The van der Waals surface area contributed by atoms with Crippen LogP contribution in [0.4, 0.5) is 10.1 Å². The molecule has 7 nitrogen and oxygen atoms in total. The van der Waals surface area contributed by atoms with E-state index in [1.807, 2.05) is 0 Å². The second-order valence-electron chi connectivity index (χ2n) is 9.44. The predicted molar refractivity (Wildman–Crippen MR) is 125 cm³/mol. The summed E-state index contributed by atoms with van der Waals surface area (Å²) >= 11 is 0. The molecule has 0 unspecified atom stereocenters. The Kier molecular flexibility index (Phi) is 6.15. The topological polar surface area (TPSA) is 80.8 Å². The Labute approximate surface area is 198 Å². The van der Waals surface area contributed by atoms with Crippen LogP contribution in [0.25, 0.3) is 0 Å². The number of aryl methyl sites for hydroxylation is 2. The number of benzene rings is 1. The quantitative estimate of drug-likeness (QED) is 0.644. The van der Waals surface area contributed by atoms with Gasteiger partial charge in [0.25, 0.3) is 5.91 Å². The van der Waals surface area contributed by atoms with E-state index in [2.05, 4.69) is 17.2 Å². The largest absolute Gasteiger partial charge is 0.491 e. The van der Waals surface area contributed by atoms with Crippen LogP contribution in [0.1, 0.15) is 66.1 Å². The van der Waals surface area contributed by atoms with E-state index < -0.39 is 0 Å². The summed E-state index contributed by atoms with van der Waals surface area (Å²) in [5, 5.41) is 2.86. The van der Waals surface area contributed by atoms with Crippen LogP contribution in [0.5, 0.6) is 11.6 Å². The zero-order valence-corrected chi connectivity index (χ0v) is 19.7. The SMILES string of the molecule is CCCCCc1c(F)c(C)cc2c1C(=O)N1C[C@@H](Oc3cc4c(cn3)CCC(=O)N4)C[C@@H]1CO2. The van der Waals surface area contributed by atoms with E-state index in [0.717, 1.165) is 30.5 Å². The number of fused-ring (bicyclic) bond motifs is 3. The first kappa shape index (κ1) is 22.6. The first-order valence-corrected chi connectivity index (χ1v) is 12.2. The lowest BCUT2D eigenvalue weighted by atomic mass is 9.96. The average molecular weight is 468 g/mol. The maximum absolute atomic E-state index is 15.1. The predicted octanol–water partition coefficient (Wildman–Crippen LogP) is 4.20. The van der Waals surface area contributed by atoms with E-state index in [1.165, 1.54) is 0 Å². The number of aromatic nitrogens is 1. The van der Waals surface area contributed by atoms with Gasteiger partial charge in [-0.2, -0.15) is 0 Å². The molecule has 0 radical (unpaired) electrons. The number of hydrogen-bond donors (Lipinski definition) is 1. The third-order valence-electron chi connectivity index (χ3n) is 6.96. The van der Waals surface area contributed by atoms with Gasteiger partial charge < -0.3 is 19.7 Å². The number of nitrogens with zero attached hydrogens (tertiary/aromatic N) is 2. The standard InChI is InChI=1S/C26H30FN3O4/c1-3-4-5-6-19-24-21(9-15(2)25(19)27)33-14-17-10-18(13-30(17)26(24)32)34-23-11-20-16(12-28-23)7-8-22(31)29-20/h9,11-12,17-18H,3-8,10,13-14H2,1-2H3,(H,29,31)/t17-,18+/m1/s1. The molecule has 8 heteroatoms. The molecule has 3 aliphatic rings. The van der Waals surface area contributed by atoms with Crippen molar-refractivity contribution >= 4 is 17.5 Å². The van der Waals surface area contributed by atoms with Gasteiger partial charge in [0.05, 0.1) is 23.8 Å². The number of anilines is 1. The number of carbonyl (C=O) groups excluding carboxylic acids is 2. The van der Waals surface area contributed by atoms with Crippen LogP contribution in [0.2, 0.25) is 0 Å². The van der Waals surface area contributed by atoms with Crippen molar-refractivity contribution in [3.8, 4) is 11.6 Å². The number of hydrogen-bond acceptors (Lipinski definition) is 5. The summed E-state index contributed by atoms with van der Waals surface area (Å²) < 4.78 is 27.3. The smallest absolute Gasteiger partial charge is 0.258 e. The third-order valence-corrected chi connectivity index (χ3v) is 6.96. The van der Waals surface area contributed by atoms with E-state index >= 15 is 4.39 Å². The fourth-order valence-corrected chi connectivity index (χ4v) is 5.14. The number of unbranched alkanes of at least 4 members (excludes halogenated alkanes) is 2. The Morgan fingerprint density at radius 3 is 2.94 bits per heavy atom. The number of pyridine rings is 1. The van der Waals surface area contributed by atoms with E-state index in [4.69, 9.17) is 9.47 Å². The highest BCUT2D eigenvalue weighted by molar-refractivity contribution is 5.99. The summed E-state index contributed by atoms with van der Waals surface area (Å²) in [6.45, 7) is 4.53. The molecule has 5 rings (SSSR count). The first-order chi connectivity index (χ1) is 16.4. The van der Waals surface area contributed by atoms with Crippen molar-refractivity contribution in [3.05, 3.63) is 46.4 Å². The third kappa shape index (κ3) is 4.21. The van der Waals surface area contributed by atoms with Gasteiger partial charge in [0.15, 0.2) is 0 Å². The minimum atomic E-state index is -0.308. The van der Waals surface area contributed by atoms with Gasteiger partial charge in [0.1, 0.15) is 24.3 Å². The van der Waals surface area contributed by atoms with Crippen molar-refractivity contribution < 1.29 is 23.5 Å². The average Bonchev–Trinajstić information content (AvgIpc) is 3.17. The van der Waals surface area contributed by atoms with Gasteiger partial charge in [-0.25, -0.2) is 9.37 Å². The highest BCUT2D eigenvalue weighted by Crippen LogP contribution is 2.36. The molecule has 180 valence electrons. The van der Waals surface area contributed by atoms with E-state index in [-0.39, 0.29) is 29.8 Å². The lowest BCUT2D eigenvalue weighted by molar-refractivity contribution is -0.116. The molecule has 0 bridgehead atoms. The maximum atomic E-state index is 15.1. The second-order valence-corrected chi connectivity index (χ2v) is 9.44. The lowest BCUT2D eigenvalue weighted by Crippen LogP contribution is -2.37. The molecule has 4 heterocycles. The molecule has 1 fully saturated rings. The molecule has 1 aromatic carbocycles. The fourth-order valence-electron chi connectivity index (χ4n) is 5.14. The monoisotopic (exact) mass is 467 g/mol. The molecular formula is C26H30FN3O4. The van der Waals surface area contributed by atoms with E-state index in [1.54, 1.807) is 30.2 Å². The van der Waals surface area contributed by atoms with Gasteiger partial charge in [-0.15, -0.1) is 0 Å². The molecule has 3 aliphatic heterocycles. The molecule has 0 spiro atoms. The van der Waals surface area contributed by atoms with Crippen molar-refractivity contribution in [1.29, 1.82) is 0 Å². The number of rotatable bonds is 6. The Bertz CT molecular complexity index is 1140.